The third kappa shape index (κ3) is 6.05. The van der Waals surface area contributed by atoms with Crippen molar-refractivity contribution in [2.24, 2.45) is 0 Å². The van der Waals surface area contributed by atoms with E-state index in [1.54, 1.807) is 11.8 Å². The lowest BCUT2D eigenvalue weighted by molar-refractivity contribution is 0.100. The van der Waals surface area contributed by atoms with Gasteiger partial charge >= 0.3 is 0 Å². The predicted molar refractivity (Wildman–Crippen MR) is 149 cm³/mol. The normalized spacial score (nSPS) is 13.3. The minimum Gasteiger partial charge on any atom is -0.489 e. The van der Waals surface area contributed by atoms with E-state index in [9.17, 15) is 10.2 Å². The summed E-state index contributed by atoms with van der Waals surface area (Å²) in [6.45, 7) is 6.22. The monoisotopic (exact) mass is 531 g/mol. The fourth-order valence-electron chi connectivity index (χ4n) is 4.73. The minimum atomic E-state index is -0.608. The zero-order valence-electron chi connectivity index (χ0n) is 21.7. The molecule has 2 heterocycles. The standard InChI is InChI=1S/C30H33N3O4S/c1-21-26(22(2)37-31-21)20-36-25-13-11-23(12-14-25)17-32(15-16-34)18-24(35)19-33-27-7-3-5-9-29(27)38-30-10-6-4-8-28(30)33/h3-14,24,34-35H,15-20H2,1-2H3/t24-/m1/s1. The first-order chi connectivity index (χ1) is 18.5. The third-order valence-electron chi connectivity index (χ3n) is 6.70. The number of aryl methyl sites for hydroxylation is 2. The average Bonchev–Trinajstić information content (AvgIpc) is 3.25. The van der Waals surface area contributed by atoms with Gasteiger partial charge in [0, 0.05) is 29.4 Å². The Kier molecular flexibility index (Phi) is 8.34. The molecule has 198 valence electrons. The molecule has 0 spiro atoms. The number of fused-ring (bicyclic) bond motifs is 2. The molecule has 0 fully saturated rings. The van der Waals surface area contributed by atoms with Crippen molar-refractivity contribution in [2.45, 2.75) is 42.9 Å². The van der Waals surface area contributed by atoms with E-state index in [2.05, 4.69) is 39.2 Å². The van der Waals surface area contributed by atoms with Gasteiger partial charge in [0.15, 0.2) is 0 Å². The molecule has 0 bridgehead atoms. The van der Waals surface area contributed by atoms with Crippen molar-refractivity contribution in [3.63, 3.8) is 0 Å². The smallest absolute Gasteiger partial charge is 0.140 e. The molecular formula is C30H33N3O4S. The molecule has 0 unspecified atom stereocenters. The number of benzene rings is 3. The molecule has 1 atom stereocenters. The topological polar surface area (TPSA) is 82.2 Å². The fourth-order valence-corrected chi connectivity index (χ4v) is 5.83. The van der Waals surface area contributed by atoms with Gasteiger partial charge < -0.3 is 24.4 Å². The van der Waals surface area contributed by atoms with Crippen LogP contribution in [0.2, 0.25) is 0 Å². The lowest BCUT2D eigenvalue weighted by Crippen LogP contribution is -2.40. The highest BCUT2D eigenvalue weighted by Gasteiger charge is 2.25. The van der Waals surface area contributed by atoms with Crippen LogP contribution >= 0.6 is 11.8 Å². The first-order valence-electron chi connectivity index (χ1n) is 12.8. The maximum atomic E-state index is 11.2. The molecule has 0 radical (unpaired) electrons. The van der Waals surface area contributed by atoms with Gasteiger partial charge in [-0.3, -0.25) is 4.90 Å². The van der Waals surface area contributed by atoms with Crippen molar-refractivity contribution in [2.75, 3.05) is 31.1 Å². The maximum Gasteiger partial charge on any atom is 0.140 e. The number of hydrogen-bond acceptors (Lipinski definition) is 8. The summed E-state index contributed by atoms with van der Waals surface area (Å²) in [4.78, 5) is 6.65. The van der Waals surface area contributed by atoms with Crippen molar-refractivity contribution in [3.05, 3.63) is 95.4 Å². The summed E-state index contributed by atoms with van der Waals surface area (Å²) >= 11 is 1.76. The van der Waals surface area contributed by atoms with E-state index < -0.39 is 6.10 Å². The van der Waals surface area contributed by atoms with E-state index in [4.69, 9.17) is 9.26 Å². The lowest BCUT2D eigenvalue weighted by atomic mass is 10.1. The Morgan fingerprint density at radius 3 is 2.24 bits per heavy atom. The lowest BCUT2D eigenvalue weighted by Gasteiger charge is -2.35. The number of aromatic nitrogens is 1. The van der Waals surface area contributed by atoms with Crippen molar-refractivity contribution in [1.82, 2.24) is 10.1 Å². The van der Waals surface area contributed by atoms with Crippen LogP contribution in [0.15, 0.2) is 87.1 Å². The summed E-state index contributed by atoms with van der Waals surface area (Å²) in [6.07, 6.45) is -0.608. The number of nitrogens with zero attached hydrogens (tertiary/aromatic N) is 3. The zero-order valence-corrected chi connectivity index (χ0v) is 22.5. The molecule has 1 aromatic heterocycles. The first-order valence-corrected chi connectivity index (χ1v) is 13.6. The average molecular weight is 532 g/mol. The van der Waals surface area contributed by atoms with Gasteiger partial charge in [-0.25, -0.2) is 0 Å². The summed E-state index contributed by atoms with van der Waals surface area (Å²) in [7, 11) is 0. The quantitative estimate of drug-likeness (QED) is 0.269. The molecule has 8 heteroatoms. The van der Waals surface area contributed by atoms with E-state index in [0.717, 1.165) is 39.7 Å². The van der Waals surface area contributed by atoms with Gasteiger partial charge in [0.25, 0.3) is 0 Å². The number of ether oxygens (including phenoxy) is 1. The van der Waals surface area contributed by atoms with Crippen LogP contribution in [-0.2, 0) is 13.2 Å². The van der Waals surface area contributed by atoms with Gasteiger partial charge in [0.2, 0.25) is 0 Å². The molecular weight excluding hydrogens is 498 g/mol. The Bertz CT molecular complexity index is 1290. The largest absolute Gasteiger partial charge is 0.489 e. The highest BCUT2D eigenvalue weighted by Crippen LogP contribution is 2.47. The molecule has 7 nitrogen and oxygen atoms in total. The van der Waals surface area contributed by atoms with E-state index in [1.165, 1.54) is 9.79 Å². The number of aliphatic hydroxyl groups is 2. The number of aliphatic hydroxyl groups excluding tert-OH is 2. The van der Waals surface area contributed by atoms with Crippen molar-refractivity contribution in [3.8, 4) is 5.75 Å². The van der Waals surface area contributed by atoms with Gasteiger partial charge in [-0.05, 0) is 55.8 Å². The Morgan fingerprint density at radius 1 is 0.974 bits per heavy atom. The number of para-hydroxylation sites is 2. The van der Waals surface area contributed by atoms with Crippen LogP contribution in [-0.4, -0.2) is 52.6 Å². The summed E-state index contributed by atoms with van der Waals surface area (Å²) in [5.41, 5.74) is 5.11. The highest BCUT2D eigenvalue weighted by molar-refractivity contribution is 7.99. The first kappa shape index (κ1) is 26.3. The SMILES string of the molecule is Cc1noc(C)c1COc1ccc(CN(CCO)C[C@@H](O)CN2c3ccccc3Sc3ccccc32)cc1. The summed E-state index contributed by atoms with van der Waals surface area (Å²) < 4.78 is 11.1. The highest BCUT2D eigenvalue weighted by atomic mass is 32.2. The molecule has 0 saturated heterocycles. The Labute approximate surface area is 227 Å². The van der Waals surface area contributed by atoms with E-state index in [1.807, 2.05) is 62.4 Å². The van der Waals surface area contributed by atoms with Crippen LogP contribution in [0.5, 0.6) is 5.75 Å². The Hall–Kier alpha value is -3.30. The number of β-amino-alcohol motifs (C(OH)–C–C–N with tert-alkyl or cyclic N) is 1. The number of rotatable bonds is 11. The van der Waals surface area contributed by atoms with Crippen LogP contribution in [0.1, 0.15) is 22.6 Å². The van der Waals surface area contributed by atoms with Gasteiger partial charge in [-0.2, -0.15) is 0 Å². The van der Waals surface area contributed by atoms with Crippen LogP contribution in [0.25, 0.3) is 0 Å². The van der Waals surface area contributed by atoms with Crippen molar-refractivity contribution >= 4 is 23.1 Å². The van der Waals surface area contributed by atoms with Gasteiger partial charge in [0.1, 0.15) is 18.1 Å². The molecule has 2 N–H and O–H groups in total. The van der Waals surface area contributed by atoms with Gasteiger partial charge in [-0.15, -0.1) is 0 Å². The number of anilines is 2. The maximum absolute atomic E-state index is 11.2. The number of hydrogen-bond donors (Lipinski definition) is 2. The molecule has 5 rings (SSSR count). The van der Waals surface area contributed by atoms with Crippen LogP contribution in [0.4, 0.5) is 11.4 Å². The van der Waals surface area contributed by atoms with E-state index in [-0.39, 0.29) is 6.61 Å². The Morgan fingerprint density at radius 2 is 1.63 bits per heavy atom. The van der Waals surface area contributed by atoms with E-state index >= 15 is 0 Å². The fraction of sp³-hybridized carbons (Fsp3) is 0.300. The molecule has 0 saturated carbocycles. The molecule has 38 heavy (non-hydrogen) atoms. The minimum absolute atomic E-state index is 0.0252. The second kappa shape index (κ2) is 12.0. The van der Waals surface area contributed by atoms with Crippen molar-refractivity contribution in [1.29, 1.82) is 0 Å². The molecule has 3 aromatic carbocycles. The molecule has 4 aromatic rings. The van der Waals surface area contributed by atoms with Gasteiger partial charge in [-0.1, -0.05) is 53.3 Å². The molecule has 1 aliphatic heterocycles. The molecule has 1 aliphatic rings. The van der Waals surface area contributed by atoms with E-state index in [0.29, 0.717) is 32.8 Å². The van der Waals surface area contributed by atoms with Crippen LogP contribution < -0.4 is 9.64 Å². The molecule has 0 amide bonds. The molecule has 0 aliphatic carbocycles. The van der Waals surface area contributed by atoms with Crippen LogP contribution in [0, 0.1) is 13.8 Å². The third-order valence-corrected chi connectivity index (χ3v) is 7.83. The van der Waals surface area contributed by atoms with Gasteiger partial charge in [0.05, 0.1) is 41.9 Å². The zero-order chi connectivity index (χ0) is 26.5. The summed E-state index contributed by atoms with van der Waals surface area (Å²) in [6, 6.07) is 24.5. The van der Waals surface area contributed by atoms with Crippen molar-refractivity contribution < 1.29 is 19.5 Å². The Balaban J connectivity index is 1.22. The predicted octanol–water partition coefficient (Wildman–Crippen LogP) is 5.33. The second-order valence-electron chi connectivity index (χ2n) is 9.50. The second-order valence-corrected chi connectivity index (χ2v) is 10.6. The summed E-state index contributed by atoms with van der Waals surface area (Å²) in [5.74, 6) is 1.54. The van der Waals surface area contributed by atoms with Crippen LogP contribution in [0.3, 0.4) is 0 Å². The summed E-state index contributed by atoms with van der Waals surface area (Å²) in [5, 5.41) is 24.8.